The fraction of sp³-hybridized carbons (Fsp3) is 0.148. The third kappa shape index (κ3) is 6.10. The van der Waals surface area contributed by atoms with Gasteiger partial charge in [-0.05, 0) is 72.8 Å². The molecule has 1 N–H and O–H groups in total. The number of benzene rings is 3. The number of amides is 1. The van der Waals surface area contributed by atoms with E-state index in [1.165, 1.54) is 31.0 Å². The molecule has 0 unspecified atom stereocenters. The van der Waals surface area contributed by atoms with Crippen molar-refractivity contribution >= 4 is 63.8 Å². The van der Waals surface area contributed by atoms with Crippen LogP contribution in [0.1, 0.15) is 28.4 Å². The minimum Gasteiger partial charge on any atom is -0.493 e. The smallest absolute Gasteiger partial charge is 0.335 e. The fourth-order valence-corrected chi connectivity index (χ4v) is 5.07. The molecular weight excluding hydrogens is 535 g/mol. The highest BCUT2D eigenvalue weighted by molar-refractivity contribution is 8.18. The van der Waals surface area contributed by atoms with Crippen LogP contribution in [0.2, 0.25) is 10.0 Å². The van der Waals surface area contributed by atoms with E-state index in [0.717, 1.165) is 5.56 Å². The van der Waals surface area contributed by atoms with Crippen molar-refractivity contribution in [3.05, 3.63) is 92.3 Å². The first-order valence-electron chi connectivity index (χ1n) is 11.2. The second kappa shape index (κ2) is 11.7. The van der Waals surface area contributed by atoms with Gasteiger partial charge in [-0.15, -0.1) is 0 Å². The van der Waals surface area contributed by atoms with E-state index in [4.69, 9.17) is 37.8 Å². The third-order valence-electron chi connectivity index (χ3n) is 5.42. The highest BCUT2D eigenvalue weighted by Crippen LogP contribution is 2.40. The number of methoxy groups -OCH3 is 1. The SMILES string of the molecule is CCN1C(=O)/C(=C/c2cc(Cl)c(OCc3ccccc3Cl)c(OC)c2)SC1=Nc1ccc(C(=O)O)cc1. The molecule has 3 aromatic carbocycles. The van der Waals surface area contributed by atoms with E-state index in [0.29, 0.717) is 49.4 Å². The van der Waals surface area contributed by atoms with Crippen LogP contribution in [0.3, 0.4) is 0 Å². The summed E-state index contributed by atoms with van der Waals surface area (Å²) in [6.45, 7) is 2.49. The molecule has 0 saturated carbocycles. The zero-order chi connectivity index (χ0) is 26.5. The fourth-order valence-electron chi connectivity index (χ4n) is 3.54. The van der Waals surface area contributed by atoms with E-state index in [1.807, 2.05) is 25.1 Å². The van der Waals surface area contributed by atoms with Gasteiger partial charge in [-0.1, -0.05) is 41.4 Å². The van der Waals surface area contributed by atoms with Gasteiger partial charge < -0.3 is 14.6 Å². The molecule has 0 bridgehead atoms. The predicted molar refractivity (Wildman–Crippen MR) is 147 cm³/mol. The summed E-state index contributed by atoms with van der Waals surface area (Å²) >= 11 is 14.0. The zero-order valence-corrected chi connectivity index (χ0v) is 22.2. The Labute approximate surface area is 228 Å². The van der Waals surface area contributed by atoms with Gasteiger partial charge in [-0.3, -0.25) is 9.69 Å². The molecule has 0 aliphatic carbocycles. The van der Waals surface area contributed by atoms with Crippen molar-refractivity contribution in [2.45, 2.75) is 13.5 Å². The van der Waals surface area contributed by atoms with Crippen LogP contribution in [0.5, 0.6) is 11.5 Å². The van der Waals surface area contributed by atoms with Crippen molar-refractivity contribution in [1.29, 1.82) is 0 Å². The number of rotatable bonds is 8. The van der Waals surface area contributed by atoms with E-state index in [9.17, 15) is 9.59 Å². The molecule has 0 atom stereocenters. The van der Waals surface area contributed by atoms with E-state index >= 15 is 0 Å². The number of carbonyl (C=O) groups excluding carboxylic acids is 1. The number of likely N-dealkylation sites (N-methyl/N-ethyl adjacent to an activating group) is 1. The lowest BCUT2D eigenvalue weighted by molar-refractivity contribution is -0.122. The number of ether oxygens (including phenoxy) is 2. The molecular formula is C27H22Cl2N2O5S. The second-order valence-corrected chi connectivity index (χ2v) is 9.64. The van der Waals surface area contributed by atoms with E-state index in [1.54, 1.807) is 41.3 Å². The third-order valence-corrected chi connectivity index (χ3v) is 7.08. The van der Waals surface area contributed by atoms with Crippen molar-refractivity contribution in [3.63, 3.8) is 0 Å². The second-order valence-electron chi connectivity index (χ2n) is 7.82. The predicted octanol–water partition coefficient (Wildman–Crippen LogP) is 6.90. The summed E-state index contributed by atoms with van der Waals surface area (Å²) < 4.78 is 11.4. The number of aliphatic imine (C=N–C) groups is 1. The summed E-state index contributed by atoms with van der Waals surface area (Å²) in [7, 11) is 1.51. The molecule has 4 rings (SSSR count). The molecule has 10 heteroatoms. The van der Waals surface area contributed by atoms with Crippen LogP contribution in [0.25, 0.3) is 6.08 Å². The number of hydrogen-bond donors (Lipinski definition) is 1. The maximum Gasteiger partial charge on any atom is 0.335 e. The first kappa shape index (κ1) is 26.6. The summed E-state index contributed by atoms with van der Waals surface area (Å²) in [6.07, 6.45) is 1.72. The van der Waals surface area contributed by atoms with Gasteiger partial charge in [0, 0.05) is 17.1 Å². The number of aromatic carboxylic acids is 1. The molecule has 7 nitrogen and oxygen atoms in total. The molecule has 1 aliphatic rings. The van der Waals surface area contributed by atoms with Crippen LogP contribution in [0.15, 0.2) is 70.6 Å². The number of carboxylic acids is 1. The van der Waals surface area contributed by atoms with Gasteiger partial charge >= 0.3 is 5.97 Å². The Balaban J connectivity index is 1.58. The first-order chi connectivity index (χ1) is 17.8. The van der Waals surface area contributed by atoms with Gasteiger partial charge in [0.15, 0.2) is 16.7 Å². The van der Waals surface area contributed by atoms with Crippen LogP contribution < -0.4 is 9.47 Å². The van der Waals surface area contributed by atoms with E-state index in [-0.39, 0.29) is 18.1 Å². The Morgan fingerprint density at radius 1 is 1.11 bits per heavy atom. The van der Waals surface area contributed by atoms with Gasteiger partial charge in [-0.2, -0.15) is 0 Å². The Bertz CT molecular complexity index is 1410. The van der Waals surface area contributed by atoms with Crippen LogP contribution in [-0.4, -0.2) is 40.7 Å². The Morgan fingerprint density at radius 3 is 2.49 bits per heavy atom. The van der Waals surface area contributed by atoms with Gasteiger partial charge in [0.05, 0.1) is 28.3 Å². The lowest BCUT2D eigenvalue weighted by Gasteiger charge is -2.14. The highest BCUT2D eigenvalue weighted by Gasteiger charge is 2.32. The minimum absolute atomic E-state index is 0.164. The van der Waals surface area contributed by atoms with E-state index in [2.05, 4.69) is 4.99 Å². The number of carbonyl (C=O) groups is 2. The normalized spacial score (nSPS) is 15.5. The molecule has 0 radical (unpaired) electrons. The number of halogens is 2. The molecule has 1 fully saturated rings. The quantitative estimate of drug-likeness (QED) is 0.303. The van der Waals surface area contributed by atoms with Crippen LogP contribution >= 0.6 is 35.0 Å². The van der Waals surface area contributed by atoms with Crippen LogP contribution in [0, 0.1) is 0 Å². The highest BCUT2D eigenvalue weighted by atomic mass is 35.5. The molecule has 1 heterocycles. The Hall–Kier alpha value is -3.46. The van der Waals surface area contributed by atoms with Gasteiger partial charge in [0.25, 0.3) is 5.91 Å². The Morgan fingerprint density at radius 2 is 1.84 bits per heavy atom. The number of carboxylic acid groups (broad SMARTS) is 1. The van der Waals surface area contributed by atoms with Crippen LogP contribution in [-0.2, 0) is 11.4 Å². The maximum absolute atomic E-state index is 13.1. The first-order valence-corrected chi connectivity index (χ1v) is 12.7. The van der Waals surface area contributed by atoms with Crippen molar-refractivity contribution in [1.82, 2.24) is 4.90 Å². The lowest BCUT2D eigenvalue weighted by atomic mass is 10.1. The molecule has 1 saturated heterocycles. The van der Waals surface area contributed by atoms with Gasteiger partial charge in [-0.25, -0.2) is 9.79 Å². The average molecular weight is 557 g/mol. The largest absolute Gasteiger partial charge is 0.493 e. The molecule has 1 amide bonds. The van der Waals surface area contributed by atoms with Crippen molar-refractivity contribution < 1.29 is 24.2 Å². The average Bonchev–Trinajstić information content (AvgIpc) is 3.17. The van der Waals surface area contributed by atoms with Gasteiger partial charge in [0.1, 0.15) is 6.61 Å². The number of nitrogens with zero attached hydrogens (tertiary/aromatic N) is 2. The van der Waals surface area contributed by atoms with Crippen molar-refractivity contribution in [2.24, 2.45) is 4.99 Å². The molecule has 190 valence electrons. The van der Waals surface area contributed by atoms with E-state index < -0.39 is 5.97 Å². The van der Waals surface area contributed by atoms with Crippen LogP contribution in [0.4, 0.5) is 5.69 Å². The Kier molecular flexibility index (Phi) is 8.43. The molecule has 0 aromatic heterocycles. The number of hydrogen-bond acceptors (Lipinski definition) is 6. The number of amidine groups is 1. The molecule has 1 aliphatic heterocycles. The summed E-state index contributed by atoms with van der Waals surface area (Å²) in [6, 6.07) is 16.9. The van der Waals surface area contributed by atoms with Gasteiger partial charge in [0.2, 0.25) is 0 Å². The van der Waals surface area contributed by atoms with Crippen molar-refractivity contribution in [3.8, 4) is 11.5 Å². The summed E-state index contributed by atoms with van der Waals surface area (Å²) in [5, 5.41) is 10.5. The maximum atomic E-state index is 13.1. The summed E-state index contributed by atoms with van der Waals surface area (Å²) in [5.41, 5.74) is 2.18. The topological polar surface area (TPSA) is 88.4 Å². The molecule has 37 heavy (non-hydrogen) atoms. The minimum atomic E-state index is -1.01. The summed E-state index contributed by atoms with van der Waals surface area (Å²) in [5.74, 6) is -0.414. The number of thioether (sulfide) groups is 1. The standard InChI is InChI=1S/C27H22Cl2N2O5S/c1-3-31-25(32)23(37-27(31)30-19-10-8-17(9-11-19)26(33)34)14-16-12-21(29)24(22(13-16)35-2)36-15-18-6-4-5-7-20(18)28/h4-14H,3,15H2,1-2H3,(H,33,34)/b23-14-,30-27?. The monoisotopic (exact) mass is 556 g/mol. The molecule has 3 aromatic rings. The molecule has 0 spiro atoms. The lowest BCUT2D eigenvalue weighted by Crippen LogP contribution is -2.28. The summed E-state index contributed by atoms with van der Waals surface area (Å²) in [4.78, 5) is 30.7. The zero-order valence-electron chi connectivity index (χ0n) is 19.9. The van der Waals surface area contributed by atoms with Crippen molar-refractivity contribution in [2.75, 3.05) is 13.7 Å².